The second-order valence-corrected chi connectivity index (χ2v) is 6.01. The van der Waals surface area contributed by atoms with E-state index >= 15 is 0 Å². The smallest absolute Gasteiger partial charge is 0.435 e. The third-order valence-electron chi connectivity index (χ3n) is 2.97. The van der Waals surface area contributed by atoms with E-state index in [-0.39, 0.29) is 6.61 Å². The first-order valence-corrected chi connectivity index (χ1v) is 8.14. The van der Waals surface area contributed by atoms with Gasteiger partial charge in [-0.05, 0) is 47.7 Å². The molecule has 0 amide bonds. The van der Waals surface area contributed by atoms with Gasteiger partial charge < -0.3 is 10.1 Å². The molecule has 1 N–H and O–H groups in total. The summed E-state index contributed by atoms with van der Waals surface area (Å²) in [6.45, 7) is 2.03. The predicted octanol–water partition coefficient (Wildman–Crippen LogP) is 3.83. The molecule has 3 rings (SSSR count). The van der Waals surface area contributed by atoms with Crippen molar-refractivity contribution in [3.8, 4) is 0 Å². The minimum Gasteiger partial charge on any atom is -0.448 e. The molecule has 23 heavy (non-hydrogen) atoms. The van der Waals surface area contributed by atoms with Crippen molar-refractivity contribution in [1.82, 2.24) is 19.7 Å². The van der Waals surface area contributed by atoms with Gasteiger partial charge in [0.05, 0.1) is 21.9 Å². The molecule has 0 unspecified atom stereocenters. The molecular formula is C14H11ClIN5O2. The fraction of sp³-hybridized carbons (Fsp3) is 0.143. The number of fused-ring (bicyclic) bond motifs is 1. The van der Waals surface area contributed by atoms with Crippen molar-refractivity contribution in [1.29, 1.82) is 0 Å². The average molecular weight is 444 g/mol. The summed E-state index contributed by atoms with van der Waals surface area (Å²) >= 11 is 8.04. The Morgan fingerprint density at radius 3 is 3.00 bits per heavy atom. The number of rotatable bonds is 3. The zero-order valence-corrected chi connectivity index (χ0v) is 14.9. The lowest BCUT2D eigenvalue weighted by Gasteiger charge is -2.07. The van der Waals surface area contributed by atoms with Gasteiger partial charge in [0, 0.05) is 17.3 Å². The lowest BCUT2D eigenvalue weighted by Crippen LogP contribution is -2.14. The van der Waals surface area contributed by atoms with Crippen molar-refractivity contribution < 1.29 is 9.53 Å². The van der Waals surface area contributed by atoms with Crippen LogP contribution in [0.3, 0.4) is 0 Å². The van der Waals surface area contributed by atoms with E-state index in [4.69, 9.17) is 16.3 Å². The van der Waals surface area contributed by atoms with Gasteiger partial charge in [-0.15, -0.1) is 0 Å². The highest BCUT2D eigenvalue weighted by atomic mass is 127. The molecule has 3 aromatic rings. The molecule has 9 heteroatoms. The van der Waals surface area contributed by atoms with Crippen molar-refractivity contribution in [3.05, 3.63) is 39.3 Å². The molecule has 7 nitrogen and oxygen atoms in total. The van der Waals surface area contributed by atoms with Crippen molar-refractivity contribution in [2.75, 3.05) is 11.9 Å². The molecule has 0 atom stereocenters. The Hall–Kier alpha value is -1.94. The molecule has 0 saturated carbocycles. The Kier molecular flexibility index (Phi) is 4.62. The Morgan fingerprint density at radius 2 is 2.26 bits per heavy atom. The Bertz CT molecular complexity index is 883. The number of aromatic nitrogens is 4. The third-order valence-corrected chi connectivity index (χ3v) is 4.37. The number of benzene rings is 1. The average Bonchev–Trinajstić information content (AvgIpc) is 2.94. The predicted molar refractivity (Wildman–Crippen MR) is 95.2 cm³/mol. The normalized spacial score (nSPS) is 10.7. The first-order valence-electron chi connectivity index (χ1n) is 6.68. The molecule has 2 aromatic heterocycles. The van der Waals surface area contributed by atoms with Crippen LogP contribution in [0.5, 0.6) is 0 Å². The number of carbonyl (C=O) groups is 1. The Morgan fingerprint density at radius 1 is 1.43 bits per heavy atom. The summed E-state index contributed by atoms with van der Waals surface area (Å²) in [5.41, 5.74) is 1.34. The quantitative estimate of drug-likeness (QED) is 0.489. The molecule has 0 spiro atoms. The SMILES string of the molecule is CCOC(=O)n1ncc2ccc(Nc3ncc(I)c(Cl)n3)cc21. The third kappa shape index (κ3) is 3.37. The van der Waals surface area contributed by atoms with Gasteiger partial charge in [0.15, 0.2) is 0 Å². The molecule has 0 aliphatic heterocycles. The van der Waals surface area contributed by atoms with Gasteiger partial charge in [0.2, 0.25) is 5.95 Å². The van der Waals surface area contributed by atoms with Crippen LogP contribution in [0.4, 0.5) is 16.4 Å². The van der Waals surface area contributed by atoms with Gasteiger partial charge in [-0.1, -0.05) is 11.6 Å². The molecule has 0 radical (unpaired) electrons. The summed E-state index contributed by atoms with van der Waals surface area (Å²) in [4.78, 5) is 20.2. The number of ether oxygens (including phenoxy) is 1. The van der Waals surface area contributed by atoms with E-state index in [1.54, 1.807) is 25.4 Å². The summed E-state index contributed by atoms with van der Waals surface area (Å²) in [6, 6.07) is 5.46. The van der Waals surface area contributed by atoms with Crippen LogP contribution in [0.1, 0.15) is 6.92 Å². The monoisotopic (exact) mass is 443 g/mol. The summed E-state index contributed by atoms with van der Waals surface area (Å²) in [5, 5.41) is 8.30. The Balaban J connectivity index is 1.94. The first-order chi connectivity index (χ1) is 11.1. The highest BCUT2D eigenvalue weighted by Gasteiger charge is 2.12. The van der Waals surface area contributed by atoms with Crippen LogP contribution in [-0.2, 0) is 4.74 Å². The molecule has 118 valence electrons. The minimum atomic E-state index is -0.520. The van der Waals surface area contributed by atoms with E-state index in [1.165, 1.54) is 4.68 Å². The van der Waals surface area contributed by atoms with E-state index in [0.717, 1.165) is 8.96 Å². The number of nitrogens with one attached hydrogen (secondary N) is 1. The molecule has 0 aliphatic rings. The van der Waals surface area contributed by atoms with Crippen LogP contribution >= 0.6 is 34.2 Å². The summed E-state index contributed by atoms with van der Waals surface area (Å²) in [7, 11) is 0. The number of nitrogens with zero attached hydrogens (tertiary/aromatic N) is 4. The van der Waals surface area contributed by atoms with E-state index in [2.05, 4.69) is 43.0 Å². The zero-order valence-electron chi connectivity index (χ0n) is 12.0. The number of halogens is 2. The van der Waals surface area contributed by atoms with Gasteiger partial charge in [0.1, 0.15) is 5.15 Å². The van der Waals surface area contributed by atoms with E-state index < -0.39 is 6.09 Å². The molecule has 0 fully saturated rings. The lowest BCUT2D eigenvalue weighted by atomic mass is 10.2. The molecule has 1 aromatic carbocycles. The fourth-order valence-electron chi connectivity index (χ4n) is 1.96. The van der Waals surface area contributed by atoms with Crippen molar-refractivity contribution in [2.24, 2.45) is 0 Å². The van der Waals surface area contributed by atoms with Gasteiger partial charge in [-0.25, -0.2) is 9.78 Å². The number of anilines is 2. The highest BCUT2D eigenvalue weighted by molar-refractivity contribution is 14.1. The van der Waals surface area contributed by atoms with Gasteiger partial charge >= 0.3 is 6.09 Å². The van der Waals surface area contributed by atoms with Gasteiger partial charge in [-0.3, -0.25) is 0 Å². The molecule has 2 heterocycles. The molecule has 0 bridgehead atoms. The summed E-state index contributed by atoms with van der Waals surface area (Å²) < 4.78 is 6.96. The highest BCUT2D eigenvalue weighted by Crippen LogP contribution is 2.22. The maximum Gasteiger partial charge on any atom is 0.435 e. The van der Waals surface area contributed by atoms with Crippen molar-refractivity contribution >= 4 is 62.8 Å². The van der Waals surface area contributed by atoms with E-state index in [9.17, 15) is 4.79 Å². The fourth-order valence-corrected chi connectivity index (χ4v) is 2.35. The molecule has 0 saturated heterocycles. The van der Waals surface area contributed by atoms with E-state index in [1.807, 2.05) is 12.1 Å². The van der Waals surface area contributed by atoms with Crippen LogP contribution in [0.2, 0.25) is 5.15 Å². The topological polar surface area (TPSA) is 81.9 Å². The van der Waals surface area contributed by atoms with Gasteiger partial charge in [0.25, 0.3) is 0 Å². The molecular weight excluding hydrogens is 433 g/mol. The maximum atomic E-state index is 11.9. The van der Waals surface area contributed by atoms with E-state index in [0.29, 0.717) is 22.3 Å². The lowest BCUT2D eigenvalue weighted by molar-refractivity contribution is 0.151. The minimum absolute atomic E-state index is 0.285. The standard InChI is InChI=1S/C14H11ClIN5O2/c1-2-23-14(22)21-11-5-9(4-3-8(11)6-18-21)19-13-17-7-10(16)12(15)20-13/h3-7H,2H2,1H3,(H,17,19,20). The Labute approximate surface area is 150 Å². The van der Waals surface area contributed by atoms with Crippen LogP contribution in [-0.4, -0.2) is 32.4 Å². The number of hydrogen-bond donors (Lipinski definition) is 1. The van der Waals surface area contributed by atoms with Crippen molar-refractivity contribution in [3.63, 3.8) is 0 Å². The van der Waals surface area contributed by atoms with Crippen LogP contribution < -0.4 is 5.32 Å². The van der Waals surface area contributed by atoms with Gasteiger partial charge in [-0.2, -0.15) is 14.8 Å². The van der Waals surface area contributed by atoms with Crippen LogP contribution in [0.25, 0.3) is 10.9 Å². The zero-order chi connectivity index (χ0) is 16.4. The molecule has 0 aliphatic carbocycles. The largest absolute Gasteiger partial charge is 0.448 e. The summed E-state index contributed by atoms with van der Waals surface area (Å²) in [5.74, 6) is 0.372. The summed E-state index contributed by atoms with van der Waals surface area (Å²) in [6.07, 6.45) is 2.71. The maximum absolute atomic E-state index is 11.9. The second kappa shape index (κ2) is 6.67. The van der Waals surface area contributed by atoms with Crippen molar-refractivity contribution in [2.45, 2.75) is 6.92 Å². The number of hydrogen-bond acceptors (Lipinski definition) is 6. The van der Waals surface area contributed by atoms with Crippen LogP contribution in [0, 0.1) is 3.57 Å². The van der Waals surface area contributed by atoms with Crippen LogP contribution in [0.15, 0.2) is 30.6 Å². The second-order valence-electron chi connectivity index (χ2n) is 4.49. The first kappa shape index (κ1) is 15.9. The number of carbonyl (C=O) groups excluding carboxylic acids is 1.